The van der Waals surface area contributed by atoms with Crippen molar-refractivity contribution in [1.29, 1.82) is 5.26 Å². The van der Waals surface area contributed by atoms with Gasteiger partial charge in [0.15, 0.2) is 0 Å². The molecule has 7 nitrogen and oxygen atoms in total. The number of rotatable bonds is 6. The van der Waals surface area contributed by atoms with E-state index in [2.05, 4.69) is 21.2 Å². The average Bonchev–Trinajstić information content (AvgIpc) is 2.63. The molecule has 0 bridgehead atoms. The fourth-order valence-electron chi connectivity index (χ4n) is 2.31. The molecule has 0 saturated carbocycles. The molecule has 2 aromatic rings. The maximum Gasteiger partial charge on any atom is 0.269 e. The van der Waals surface area contributed by atoms with Gasteiger partial charge in [0, 0.05) is 27.9 Å². The van der Waals surface area contributed by atoms with E-state index in [0.29, 0.717) is 29.2 Å². The highest BCUT2D eigenvalue weighted by Crippen LogP contribution is 2.26. The molecular formula is C19H16BrN3O4. The lowest BCUT2D eigenvalue weighted by Crippen LogP contribution is -2.14. The van der Waals surface area contributed by atoms with Crippen LogP contribution >= 0.6 is 15.9 Å². The van der Waals surface area contributed by atoms with Crippen LogP contribution in [-0.2, 0) is 4.79 Å². The average molecular weight is 430 g/mol. The normalized spacial score (nSPS) is 10.8. The van der Waals surface area contributed by atoms with Crippen LogP contribution in [0.2, 0.25) is 0 Å². The number of hydrogen-bond donors (Lipinski definition) is 1. The highest BCUT2D eigenvalue weighted by atomic mass is 79.9. The van der Waals surface area contributed by atoms with Gasteiger partial charge in [-0.3, -0.25) is 14.9 Å². The predicted octanol–water partition coefficient (Wildman–Crippen LogP) is 4.61. The number of nitro benzene ring substituents is 1. The molecular weight excluding hydrogens is 414 g/mol. The number of aryl methyl sites for hydroxylation is 1. The van der Waals surface area contributed by atoms with Crippen molar-refractivity contribution in [2.75, 3.05) is 11.9 Å². The number of nitro groups is 1. The number of anilines is 1. The minimum absolute atomic E-state index is 0.0722. The Hall–Kier alpha value is -3.18. The first-order chi connectivity index (χ1) is 12.8. The van der Waals surface area contributed by atoms with E-state index in [0.717, 1.165) is 4.47 Å². The monoisotopic (exact) mass is 429 g/mol. The van der Waals surface area contributed by atoms with Gasteiger partial charge in [-0.05, 0) is 49.8 Å². The number of benzene rings is 2. The molecule has 0 atom stereocenters. The number of nitriles is 1. The van der Waals surface area contributed by atoms with E-state index in [1.165, 1.54) is 24.3 Å². The smallest absolute Gasteiger partial charge is 0.269 e. The topological polar surface area (TPSA) is 105 Å². The third kappa shape index (κ3) is 5.15. The van der Waals surface area contributed by atoms with Crippen molar-refractivity contribution in [3.05, 3.63) is 67.7 Å². The molecule has 0 aliphatic rings. The minimum Gasteiger partial charge on any atom is -0.493 e. The summed E-state index contributed by atoms with van der Waals surface area (Å²) in [6.07, 6.45) is 1.44. The first kappa shape index (κ1) is 20.1. The zero-order valence-corrected chi connectivity index (χ0v) is 16.2. The molecule has 0 aliphatic heterocycles. The van der Waals surface area contributed by atoms with Crippen molar-refractivity contribution in [2.24, 2.45) is 0 Å². The summed E-state index contributed by atoms with van der Waals surface area (Å²) >= 11 is 3.35. The highest BCUT2D eigenvalue weighted by molar-refractivity contribution is 9.10. The molecule has 0 spiro atoms. The van der Waals surface area contributed by atoms with E-state index in [-0.39, 0.29) is 11.3 Å². The Bertz CT molecular complexity index is 964. The summed E-state index contributed by atoms with van der Waals surface area (Å²) in [5.41, 5.74) is 1.31. The molecule has 0 fully saturated rings. The number of carbonyl (C=O) groups excluding carboxylic acids is 1. The Balaban J connectivity index is 2.32. The lowest BCUT2D eigenvalue weighted by Gasteiger charge is -2.10. The van der Waals surface area contributed by atoms with E-state index >= 15 is 0 Å². The van der Waals surface area contributed by atoms with Crippen LogP contribution in [0.3, 0.4) is 0 Å². The summed E-state index contributed by atoms with van der Waals surface area (Å²) in [6, 6.07) is 11.2. The van der Waals surface area contributed by atoms with E-state index in [9.17, 15) is 20.2 Å². The molecule has 0 saturated heterocycles. The number of nitrogens with one attached hydrogen (secondary N) is 1. The van der Waals surface area contributed by atoms with Crippen LogP contribution in [0.4, 0.5) is 11.4 Å². The van der Waals surface area contributed by atoms with Crippen molar-refractivity contribution in [3.8, 4) is 11.8 Å². The first-order valence-corrected chi connectivity index (χ1v) is 8.75. The Labute approximate surface area is 164 Å². The van der Waals surface area contributed by atoms with Gasteiger partial charge in [0.05, 0.1) is 11.5 Å². The van der Waals surface area contributed by atoms with Gasteiger partial charge in [-0.1, -0.05) is 15.9 Å². The van der Waals surface area contributed by atoms with Crippen molar-refractivity contribution in [2.45, 2.75) is 13.8 Å². The van der Waals surface area contributed by atoms with Gasteiger partial charge in [-0.15, -0.1) is 0 Å². The van der Waals surface area contributed by atoms with Crippen LogP contribution in [0.1, 0.15) is 18.1 Å². The lowest BCUT2D eigenvalue weighted by molar-refractivity contribution is -0.384. The molecule has 0 radical (unpaired) electrons. The molecule has 0 aromatic heterocycles. The molecule has 8 heteroatoms. The van der Waals surface area contributed by atoms with E-state index in [1.54, 1.807) is 25.1 Å². The van der Waals surface area contributed by atoms with E-state index < -0.39 is 10.8 Å². The second-order valence-electron chi connectivity index (χ2n) is 5.50. The third-order valence-electron chi connectivity index (χ3n) is 3.61. The number of carbonyl (C=O) groups is 1. The van der Waals surface area contributed by atoms with Crippen LogP contribution in [0.25, 0.3) is 6.08 Å². The number of halogens is 1. The van der Waals surface area contributed by atoms with Crippen molar-refractivity contribution in [1.82, 2.24) is 0 Å². The summed E-state index contributed by atoms with van der Waals surface area (Å²) in [6.45, 7) is 3.92. The van der Waals surface area contributed by atoms with Gasteiger partial charge < -0.3 is 10.1 Å². The lowest BCUT2D eigenvalue weighted by atomic mass is 10.1. The summed E-state index contributed by atoms with van der Waals surface area (Å²) in [5, 5.41) is 22.8. The largest absolute Gasteiger partial charge is 0.493 e. The van der Waals surface area contributed by atoms with Crippen LogP contribution < -0.4 is 10.1 Å². The molecule has 0 aliphatic carbocycles. The maximum absolute atomic E-state index is 12.5. The van der Waals surface area contributed by atoms with Crippen LogP contribution in [0.15, 0.2) is 46.4 Å². The van der Waals surface area contributed by atoms with Gasteiger partial charge >= 0.3 is 0 Å². The fourth-order valence-corrected chi connectivity index (χ4v) is 2.69. The van der Waals surface area contributed by atoms with Crippen LogP contribution in [0.5, 0.6) is 5.75 Å². The molecule has 0 unspecified atom stereocenters. The predicted molar refractivity (Wildman–Crippen MR) is 105 cm³/mol. The van der Waals surface area contributed by atoms with Gasteiger partial charge in [-0.25, -0.2) is 0 Å². The molecule has 2 rings (SSSR count). The van der Waals surface area contributed by atoms with Gasteiger partial charge in [0.1, 0.15) is 17.4 Å². The third-order valence-corrected chi connectivity index (χ3v) is 4.10. The number of hydrogen-bond acceptors (Lipinski definition) is 5. The van der Waals surface area contributed by atoms with Crippen molar-refractivity contribution in [3.63, 3.8) is 0 Å². The van der Waals surface area contributed by atoms with Crippen LogP contribution in [-0.4, -0.2) is 17.4 Å². The molecule has 1 N–H and O–H groups in total. The summed E-state index contributed by atoms with van der Waals surface area (Å²) in [4.78, 5) is 22.8. The number of non-ortho nitro benzene ring substituents is 1. The molecule has 27 heavy (non-hydrogen) atoms. The second kappa shape index (κ2) is 8.96. The first-order valence-electron chi connectivity index (χ1n) is 7.96. The summed E-state index contributed by atoms with van der Waals surface area (Å²) < 4.78 is 6.30. The van der Waals surface area contributed by atoms with Gasteiger partial charge in [0.2, 0.25) is 0 Å². The van der Waals surface area contributed by atoms with E-state index in [4.69, 9.17) is 4.74 Å². The Kier molecular flexibility index (Phi) is 6.68. The SMILES string of the molecule is CCOc1ccc(Br)cc1/C=C(/C#N)C(=O)Nc1ccc([N+](=O)[O-])cc1C. The molecule has 0 heterocycles. The molecule has 2 aromatic carbocycles. The zero-order chi connectivity index (χ0) is 20.0. The Morgan fingerprint density at radius 1 is 1.37 bits per heavy atom. The minimum atomic E-state index is -0.614. The number of nitrogens with zero attached hydrogens (tertiary/aromatic N) is 2. The Morgan fingerprint density at radius 3 is 2.70 bits per heavy atom. The number of ether oxygens (including phenoxy) is 1. The number of amides is 1. The molecule has 1 amide bonds. The second-order valence-corrected chi connectivity index (χ2v) is 6.41. The summed E-state index contributed by atoms with van der Waals surface area (Å²) in [5.74, 6) is -0.0651. The zero-order valence-electron chi connectivity index (χ0n) is 14.7. The standard InChI is InChI=1S/C19H16BrN3O4/c1-3-27-18-7-4-15(20)10-13(18)9-14(11-21)19(24)22-17-6-5-16(23(25)26)8-12(17)2/h4-10H,3H2,1-2H3,(H,22,24)/b14-9-. The Morgan fingerprint density at radius 2 is 2.11 bits per heavy atom. The van der Waals surface area contributed by atoms with Gasteiger partial charge in [-0.2, -0.15) is 5.26 Å². The van der Waals surface area contributed by atoms with Crippen molar-refractivity contribution >= 4 is 39.3 Å². The molecule has 138 valence electrons. The fraction of sp³-hybridized carbons (Fsp3) is 0.158. The quantitative estimate of drug-likeness (QED) is 0.312. The highest BCUT2D eigenvalue weighted by Gasteiger charge is 2.14. The summed E-state index contributed by atoms with van der Waals surface area (Å²) in [7, 11) is 0. The van der Waals surface area contributed by atoms with Crippen LogP contribution in [0, 0.1) is 28.4 Å². The van der Waals surface area contributed by atoms with E-state index in [1.807, 2.05) is 13.0 Å². The van der Waals surface area contributed by atoms with Crippen molar-refractivity contribution < 1.29 is 14.5 Å². The maximum atomic E-state index is 12.5. The van der Waals surface area contributed by atoms with Gasteiger partial charge in [0.25, 0.3) is 11.6 Å².